The topological polar surface area (TPSA) is 58.8 Å². The summed E-state index contributed by atoms with van der Waals surface area (Å²) in [6.45, 7) is 1.73. The van der Waals surface area contributed by atoms with Gasteiger partial charge in [-0.15, -0.1) is 0 Å². The smallest absolute Gasteiger partial charge is 0.323 e. The van der Waals surface area contributed by atoms with Gasteiger partial charge in [-0.3, -0.25) is 0 Å². The van der Waals surface area contributed by atoms with Crippen LogP contribution in [0.4, 0.5) is 0 Å². The molecule has 0 saturated heterocycles. The Bertz CT molecular complexity index is 683. The van der Waals surface area contributed by atoms with E-state index in [0.29, 0.717) is 15.7 Å². The first-order valence-corrected chi connectivity index (χ1v) is 6.21. The molecule has 0 aliphatic rings. The lowest BCUT2D eigenvalue weighted by atomic mass is 10.3. The fourth-order valence-electron chi connectivity index (χ4n) is 1.33. The Morgan fingerprint density at radius 2 is 1.74 bits per heavy atom. The maximum Gasteiger partial charge on any atom is 0.323 e. The van der Waals surface area contributed by atoms with Gasteiger partial charge in [0, 0.05) is 11.8 Å². The lowest BCUT2D eigenvalue weighted by Gasteiger charge is -2.07. The largest absolute Gasteiger partial charge is 0.423 e. The van der Waals surface area contributed by atoms with E-state index in [0.717, 1.165) is 0 Å². The molecule has 0 bridgehead atoms. The normalized spacial score (nSPS) is 10.1. The third-order valence-electron chi connectivity index (χ3n) is 2.12. The summed E-state index contributed by atoms with van der Waals surface area (Å²) >= 11 is 17.7. The van der Waals surface area contributed by atoms with Gasteiger partial charge in [0.1, 0.15) is 11.8 Å². The van der Waals surface area contributed by atoms with Crippen molar-refractivity contribution in [3.63, 3.8) is 0 Å². The Morgan fingerprint density at radius 1 is 1.05 bits per heavy atom. The summed E-state index contributed by atoms with van der Waals surface area (Å²) in [4.78, 5) is 7.96. The molecule has 7 heteroatoms. The van der Waals surface area contributed by atoms with Crippen molar-refractivity contribution in [1.82, 2.24) is 9.97 Å². The van der Waals surface area contributed by atoms with Crippen LogP contribution in [0.15, 0.2) is 18.2 Å². The molecular weight excluding hydrogens is 309 g/mol. The van der Waals surface area contributed by atoms with Crippen molar-refractivity contribution in [3.05, 3.63) is 44.7 Å². The highest BCUT2D eigenvalue weighted by atomic mass is 35.5. The number of nitrogens with zero attached hydrogens (tertiary/aromatic N) is 3. The standard InChI is InChI=1S/C12H6Cl3N3O/c1-6-2-7(5-16)18-12(17-6)19-11-4-9(14)8(13)3-10(11)15/h2-4H,1H3. The van der Waals surface area contributed by atoms with Gasteiger partial charge in [0.2, 0.25) is 0 Å². The van der Waals surface area contributed by atoms with Crippen molar-refractivity contribution in [2.75, 3.05) is 0 Å². The van der Waals surface area contributed by atoms with Gasteiger partial charge in [0.05, 0.1) is 15.1 Å². The van der Waals surface area contributed by atoms with Crippen LogP contribution in [0, 0.1) is 18.3 Å². The van der Waals surface area contributed by atoms with E-state index in [2.05, 4.69) is 9.97 Å². The summed E-state index contributed by atoms with van der Waals surface area (Å²) < 4.78 is 5.42. The molecule has 0 unspecified atom stereocenters. The van der Waals surface area contributed by atoms with E-state index in [4.69, 9.17) is 44.8 Å². The van der Waals surface area contributed by atoms with E-state index in [9.17, 15) is 0 Å². The number of hydrogen-bond donors (Lipinski definition) is 0. The first-order valence-electron chi connectivity index (χ1n) is 5.08. The zero-order valence-corrected chi connectivity index (χ0v) is 11.9. The second kappa shape index (κ2) is 5.62. The van der Waals surface area contributed by atoms with Gasteiger partial charge in [0.25, 0.3) is 0 Å². The molecule has 0 fully saturated rings. The van der Waals surface area contributed by atoms with Crippen molar-refractivity contribution < 1.29 is 4.74 Å². The molecule has 0 spiro atoms. The molecule has 0 aliphatic heterocycles. The molecule has 0 atom stereocenters. The van der Waals surface area contributed by atoms with Crippen LogP contribution in [0.25, 0.3) is 0 Å². The highest BCUT2D eigenvalue weighted by molar-refractivity contribution is 6.43. The quantitative estimate of drug-likeness (QED) is 0.770. The Kier molecular flexibility index (Phi) is 4.11. The zero-order valence-electron chi connectivity index (χ0n) is 9.62. The third-order valence-corrected chi connectivity index (χ3v) is 3.14. The fraction of sp³-hybridized carbons (Fsp3) is 0.0833. The number of rotatable bonds is 2. The molecule has 0 amide bonds. The molecule has 0 saturated carbocycles. The maximum atomic E-state index is 8.83. The number of aryl methyl sites for hydroxylation is 1. The van der Waals surface area contributed by atoms with Crippen LogP contribution in [0.5, 0.6) is 11.8 Å². The van der Waals surface area contributed by atoms with E-state index in [1.54, 1.807) is 13.0 Å². The summed E-state index contributed by atoms with van der Waals surface area (Å²) in [5.74, 6) is 0.269. The molecule has 96 valence electrons. The minimum absolute atomic E-state index is 0.0249. The van der Waals surface area contributed by atoms with Crippen LogP contribution in [0.3, 0.4) is 0 Å². The monoisotopic (exact) mass is 313 g/mol. The number of halogens is 3. The highest BCUT2D eigenvalue weighted by Crippen LogP contribution is 2.35. The minimum Gasteiger partial charge on any atom is -0.423 e. The van der Waals surface area contributed by atoms with Crippen LogP contribution in [-0.4, -0.2) is 9.97 Å². The highest BCUT2D eigenvalue weighted by Gasteiger charge is 2.10. The molecule has 1 aromatic carbocycles. The molecule has 1 aromatic heterocycles. The molecule has 2 aromatic rings. The average molecular weight is 315 g/mol. The SMILES string of the molecule is Cc1cc(C#N)nc(Oc2cc(Cl)c(Cl)cc2Cl)n1. The Morgan fingerprint density at radius 3 is 2.42 bits per heavy atom. The van der Waals surface area contributed by atoms with E-state index in [1.807, 2.05) is 6.07 Å². The maximum absolute atomic E-state index is 8.83. The molecule has 0 N–H and O–H groups in total. The van der Waals surface area contributed by atoms with Gasteiger partial charge in [-0.25, -0.2) is 4.98 Å². The second-order valence-corrected chi connectivity index (χ2v) is 4.81. The van der Waals surface area contributed by atoms with Crippen LogP contribution in [0.2, 0.25) is 15.1 Å². The van der Waals surface area contributed by atoms with Crippen LogP contribution >= 0.6 is 34.8 Å². The molecule has 19 heavy (non-hydrogen) atoms. The van der Waals surface area contributed by atoms with Crippen molar-refractivity contribution >= 4 is 34.8 Å². The van der Waals surface area contributed by atoms with Crippen molar-refractivity contribution in [3.8, 4) is 17.8 Å². The van der Waals surface area contributed by atoms with Crippen LogP contribution in [0.1, 0.15) is 11.4 Å². The van der Waals surface area contributed by atoms with Crippen LogP contribution in [-0.2, 0) is 0 Å². The Labute approximate surface area is 124 Å². The lowest BCUT2D eigenvalue weighted by Crippen LogP contribution is -1.96. The van der Waals surface area contributed by atoms with Gasteiger partial charge >= 0.3 is 6.01 Å². The van der Waals surface area contributed by atoms with Gasteiger partial charge in [-0.05, 0) is 19.1 Å². The Hall–Kier alpha value is -1.54. The molecule has 2 rings (SSSR count). The molecule has 1 heterocycles. The van der Waals surface area contributed by atoms with E-state index < -0.39 is 0 Å². The fourth-order valence-corrected chi connectivity index (χ4v) is 1.90. The molecule has 0 radical (unpaired) electrons. The predicted octanol–water partition coefficient (Wildman–Crippen LogP) is 4.41. The van der Waals surface area contributed by atoms with E-state index in [-0.39, 0.29) is 22.5 Å². The third kappa shape index (κ3) is 3.27. The Balaban J connectivity index is 2.39. The van der Waals surface area contributed by atoms with Crippen molar-refractivity contribution in [1.29, 1.82) is 5.26 Å². The van der Waals surface area contributed by atoms with Crippen LogP contribution < -0.4 is 4.74 Å². The predicted molar refractivity (Wildman–Crippen MR) is 73.0 cm³/mol. The minimum atomic E-state index is 0.0249. The number of ether oxygens (including phenoxy) is 1. The molecule has 4 nitrogen and oxygen atoms in total. The number of nitriles is 1. The number of aromatic nitrogens is 2. The van der Waals surface area contributed by atoms with Gasteiger partial charge in [0.15, 0.2) is 5.75 Å². The number of hydrogen-bond acceptors (Lipinski definition) is 4. The van der Waals surface area contributed by atoms with E-state index in [1.165, 1.54) is 12.1 Å². The molecular formula is C12H6Cl3N3O. The van der Waals surface area contributed by atoms with Crippen molar-refractivity contribution in [2.24, 2.45) is 0 Å². The first-order chi connectivity index (χ1) is 8.99. The van der Waals surface area contributed by atoms with Gasteiger partial charge < -0.3 is 4.74 Å². The van der Waals surface area contributed by atoms with E-state index >= 15 is 0 Å². The summed E-state index contributed by atoms with van der Waals surface area (Å²) in [6, 6.07) is 6.41. The second-order valence-electron chi connectivity index (χ2n) is 3.59. The number of benzene rings is 1. The average Bonchev–Trinajstić information content (AvgIpc) is 2.35. The zero-order chi connectivity index (χ0) is 14.0. The summed E-state index contributed by atoms with van der Waals surface area (Å²) in [6.07, 6.45) is 0. The summed E-state index contributed by atoms with van der Waals surface area (Å²) in [5, 5.41) is 9.72. The summed E-state index contributed by atoms with van der Waals surface area (Å²) in [7, 11) is 0. The lowest BCUT2D eigenvalue weighted by molar-refractivity contribution is 0.440. The van der Waals surface area contributed by atoms with Gasteiger partial charge in [-0.2, -0.15) is 10.2 Å². The first kappa shape index (κ1) is 13.9. The van der Waals surface area contributed by atoms with Crippen molar-refractivity contribution in [2.45, 2.75) is 6.92 Å². The summed E-state index contributed by atoms with van der Waals surface area (Å²) in [5.41, 5.74) is 0.816. The molecule has 0 aliphatic carbocycles. The van der Waals surface area contributed by atoms with Gasteiger partial charge in [-0.1, -0.05) is 34.8 Å².